The lowest BCUT2D eigenvalue weighted by Gasteiger charge is -2.03. The van der Waals surface area contributed by atoms with E-state index in [0.717, 1.165) is 22.9 Å². The summed E-state index contributed by atoms with van der Waals surface area (Å²) in [6.07, 6.45) is 0. The summed E-state index contributed by atoms with van der Waals surface area (Å²) >= 11 is 1.45. The van der Waals surface area contributed by atoms with Crippen LogP contribution in [0.5, 0.6) is 10.9 Å². The van der Waals surface area contributed by atoms with Gasteiger partial charge in [-0.3, -0.25) is 0 Å². The lowest BCUT2D eigenvalue weighted by atomic mass is 10.2. The molecule has 7 heteroatoms. The first-order chi connectivity index (χ1) is 10.3. The first-order valence-electron chi connectivity index (χ1n) is 6.59. The van der Waals surface area contributed by atoms with Crippen molar-refractivity contribution in [3.05, 3.63) is 34.8 Å². The Morgan fingerprint density at radius 2 is 1.95 bits per heavy atom. The van der Waals surface area contributed by atoms with E-state index in [1.54, 1.807) is 14.2 Å². The van der Waals surface area contributed by atoms with Crippen LogP contribution < -0.4 is 14.8 Å². The molecule has 2 aromatic rings. The topological polar surface area (TPSA) is 65.5 Å². The van der Waals surface area contributed by atoms with E-state index in [1.807, 2.05) is 24.3 Å². The molecule has 0 radical (unpaired) electrons. The van der Waals surface area contributed by atoms with Crippen molar-refractivity contribution in [2.75, 3.05) is 27.4 Å². The summed E-state index contributed by atoms with van der Waals surface area (Å²) in [5, 5.41) is 12.8. The number of aromatic nitrogens is 2. The van der Waals surface area contributed by atoms with Gasteiger partial charge in [0, 0.05) is 20.2 Å². The van der Waals surface area contributed by atoms with Crippen molar-refractivity contribution in [1.82, 2.24) is 15.5 Å². The molecule has 0 atom stereocenters. The fourth-order valence-corrected chi connectivity index (χ4v) is 2.26. The SMILES string of the molecule is COCCNCc1nnc(OCc2ccc(OC)cc2)s1. The molecular formula is C14H19N3O3S. The molecular weight excluding hydrogens is 290 g/mol. The van der Waals surface area contributed by atoms with E-state index in [-0.39, 0.29) is 0 Å². The molecule has 0 aliphatic heterocycles. The second-order valence-corrected chi connectivity index (χ2v) is 5.29. The molecule has 0 unspecified atom stereocenters. The molecule has 0 bridgehead atoms. The third kappa shape index (κ3) is 5.30. The van der Waals surface area contributed by atoms with Gasteiger partial charge in [0.1, 0.15) is 17.4 Å². The van der Waals surface area contributed by atoms with Gasteiger partial charge in [-0.15, -0.1) is 5.10 Å². The number of ether oxygens (including phenoxy) is 3. The van der Waals surface area contributed by atoms with Crippen LogP contribution in [-0.4, -0.2) is 37.6 Å². The fraction of sp³-hybridized carbons (Fsp3) is 0.429. The molecule has 0 aliphatic carbocycles. The number of nitrogens with zero attached hydrogens (tertiary/aromatic N) is 2. The molecule has 0 aliphatic rings. The summed E-state index contributed by atoms with van der Waals surface area (Å²) in [6, 6.07) is 7.74. The predicted octanol–water partition coefficient (Wildman–Crippen LogP) is 1.86. The van der Waals surface area contributed by atoms with Crippen LogP contribution in [0.25, 0.3) is 0 Å². The minimum atomic E-state index is 0.468. The lowest BCUT2D eigenvalue weighted by Crippen LogP contribution is -2.18. The Balaban J connectivity index is 1.76. The highest BCUT2D eigenvalue weighted by molar-refractivity contribution is 7.13. The third-order valence-corrected chi connectivity index (χ3v) is 3.56. The van der Waals surface area contributed by atoms with Crippen molar-refractivity contribution < 1.29 is 14.2 Å². The molecule has 114 valence electrons. The van der Waals surface area contributed by atoms with E-state index in [2.05, 4.69) is 15.5 Å². The van der Waals surface area contributed by atoms with E-state index < -0.39 is 0 Å². The molecule has 0 fully saturated rings. The van der Waals surface area contributed by atoms with Gasteiger partial charge in [0.15, 0.2) is 0 Å². The average molecular weight is 309 g/mol. The van der Waals surface area contributed by atoms with Gasteiger partial charge in [0.05, 0.1) is 13.7 Å². The minimum Gasteiger partial charge on any atom is -0.497 e. The molecule has 1 aromatic heterocycles. The Hall–Kier alpha value is -1.70. The molecule has 1 N–H and O–H groups in total. The highest BCUT2D eigenvalue weighted by Crippen LogP contribution is 2.19. The molecule has 0 amide bonds. The highest BCUT2D eigenvalue weighted by atomic mass is 32.1. The van der Waals surface area contributed by atoms with Crippen LogP contribution in [0.3, 0.4) is 0 Å². The van der Waals surface area contributed by atoms with Gasteiger partial charge in [0.2, 0.25) is 0 Å². The first kappa shape index (κ1) is 15.7. The molecule has 1 heterocycles. The Morgan fingerprint density at radius 1 is 1.14 bits per heavy atom. The second-order valence-electron chi connectivity index (χ2n) is 4.27. The van der Waals surface area contributed by atoms with Crippen LogP contribution in [0.15, 0.2) is 24.3 Å². The number of rotatable bonds is 9. The Bertz CT molecular complexity index is 531. The van der Waals surface area contributed by atoms with Crippen LogP contribution in [0.1, 0.15) is 10.6 Å². The Labute approximate surface area is 128 Å². The van der Waals surface area contributed by atoms with Gasteiger partial charge in [-0.1, -0.05) is 28.6 Å². The summed E-state index contributed by atoms with van der Waals surface area (Å²) in [5.74, 6) is 0.832. The Morgan fingerprint density at radius 3 is 2.67 bits per heavy atom. The molecule has 6 nitrogen and oxygen atoms in total. The molecule has 1 aromatic carbocycles. The maximum absolute atomic E-state index is 5.63. The largest absolute Gasteiger partial charge is 0.497 e. The summed E-state index contributed by atoms with van der Waals surface area (Å²) < 4.78 is 15.7. The second kappa shape index (κ2) is 8.56. The maximum Gasteiger partial charge on any atom is 0.294 e. The van der Waals surface area contributed by atoms with Crippen molar-refractivity contribution in [1.29, 1.82) is 0 Å². The number of methoxy groups -OCH3 is 2. The molecule has 0 saturated heterocycles. The van der Waals surface area contributed by atoms with Gasteiger partial charge in [-0.25, -0.2) is 0 Å². The zero-order chi connectivity index (χ0) is 14.9. The summed E-state index contributed by atoms with van der Waals surface area (Å²) in [4.78, 5) is 0. The van der Waals surface area contributed by atoms with E-state index in [4.69, 9.17) is 14.2 Å². The highest BCUT2D eigenvalue weighted by Gasteiger charge is 2.05. The van der Waals surface area contributed by atoms with Crippen molar-refractivity contribution in [3.63, 3.8) is 0 Å². The van der Waals surface area contributed by atoms with Crippen LogP contribution >= 0.6 is 11.3 Å². The van der Waals surface area contributed by atoms with Crippen molar-refractivity contribution in [2.24, 2.45) is 0 Å². The monoisotopic (exact) mass is 309 g/mol. The number of hydrogen-bond acceptors (Lipinski definition) is 7. The van der Waals surface area contributed by atoms with Crippen molar-refractivity contribution >= 4 is 11.3 Å². The maximum atomic E-state index is 5.63. The van der Waals surface area contributed by atoms with Crippen LogP contribution in [0, 0.1) is 0 Å². The zero-order valence-electron chi connectivity index (χ0n) is 12.2. The fourth-order valence-electron chi connectivity index (χ4n) is 1.60. The summed E-state index contributed by atoms with van der Waals surface area (Å²) in [5.41, 5.74) is 1.06. The zero-order valence-corrected chi connectivity index (χ0v) is 13.0. The lowest BCUT2D eigenvalue weighted by molar-refractivity contribution is 0.199. The van der Waals surface area contributed by atoms with Gasteiger partial charge < -0.3 is 19.5 Å². The Kier molecular flexibility index (Phi) is 6.39. The van der Waals surface area contributed by atoms with E-state index in [1.165, 1.54) is 11.3 Å². The smallest absolute Gasteiger partial charge is 0.294 e. The van der Waals surface area contributed by atoms with Gasteiger partial charge in [-0.05, 0) is 17.7 Å². The quantitative estimate of drug-likeness (QED) is 0.713. The average Bonchev–Trinajstić information content (AvgIpc) is 2.98. The number of nitrogens with one attached hydrogen (secondary N) is 1. The van der Waals surface area contributed by atoms with Gasteiger partial charge in [-0.2, -0.15) is 0 Å². The number of benzene rings is 1. The normalized spacial score (nSPS) is 10.6. The van der Waals surface area contributed by atoms with E-state index in [9.17, 15) is 0 Å². The van der Waals surface area contributed by atoms with E-state index in [0.29, 0.717) is 25.0 Å². The van der Waals surface area contributed by atoms with Gasteiger partial charge >= 0.3 is 0 Å². The van der Waals surface area contributed by atoms with Crippen LogP contribution in [0.4, 0.5) is 0 Å². The molecule has 21 heavy (non-hydrogen) atoms. The number of hydrogen-bond donors (Lipinski definition) is 1. The van der Waals surface area contributed by atoms with E-state index >= 15 is 0 Å². The first-order valence-corrected chi connectivity index (χ1v) is 7.41. The van der Waals surface area contributed by atoms with Gasteiger partial charge in [0.25, 0.3) is 5.19 Å². The molecule has 2 rings (SSSR count). The molecule has 0 saturated carbocycles. The van der Waals surface area contributed by atoms with Crippen molar-refractivity contribution in [2.45, 2.75) is 13.2 Å². The van der Waals surface area contributed by atoms with Crippen LogP contribution in [-0.2, 0) is 17.9 Å². The third-order valence-electron chi connectivity index (χ3n) is 2.73. The summed E-state index contributed by atoms with van der Waals surface area (Å²) in [6.45, 7) is 2.61. The van der Waals surface area contributed by atoms with Crippen LogP contribution in [0.2, 0.25) is 0 Å². The summed E-state index contributed by atoms with van der Waals surface area (Å²) in [7, 11) is 3.33. The minimum absolute atomic E-state index is 0.468. The van der Waals surface area contributed by atoms with Crippen molar-refractivity contribution in [3.8, 4) is 10.9 Å². The molecule has 0 spiro atoms. The standard InChI is InChI=1S/C14H19N3O3S/c1-18-8-7-15-9-13-16-17-14(21-13)20-10-11-3-5-12(19-2)6-4-11/h3-6,15H,7-10H2,1-2H3. The predicted molar refractivity (Wildman–Crippen MR) is 80.8 cm³/mol.